The van der Waals surface area contributed by atoms with Crippen molar-refractivity contribution in [2.75, 3.05) is 19.6 Å². The number of carbonyl (C=O) groups is 1. The summed E-state index contributed by atoms with van der Waals surface area (Å²) < 4.78 is 1.66. The summed E-state index contributed by atoms with van der Waals surface area (Å²) in [6.07, 6.45) is 1.31. The second-order valence-corrected chi connectivity index (χ2v) is 6.48. The fourth-order valence-electron chi connectivity index (χ4n) is 3.27. The SMILES string of the molecule is Cc1c(C(=O)NCC2CNCC2O)nnn1-c1cccc2ncccc12. The van der Waals surface area contributed by atoms with Crippen LogP contribution in [-0.2, 0) is 0 Å². The molecule has 0 bridgehead atoms. The van der Waals surface area contributed by atoms with Gasteiger partial charge in [-0.25, -0.2) is 4.68 Å². The van der Waals surface area contributed by atoms with Gasteiger partial charge in [-0.05, 0) is 31.2 Å². The molecule has 8 heteroatoms. The number of rotatable bonds is 4. The molecule has 2 atom stereocenters. The summed E-state index contributed by atoms with van der Waals surface area (Å²) in [5.74, 6) is -0.273. The van der Waals surface area contributed by atoms with E-state index in [1.54, 1.807) is 10.9 Å². The number of nitrogens with one attached hydrogen (secondary N) is 2. The van der Waals surface area contributed by atoms with Crippen LogP contribution in [0.5, 0.6) is 0 Å². The summed E-state index contributed by atoms with van der Waals surface area (Å²) in [5, 5.41) is 24.9. The first-order valence-corrected chi connectivity index (χ1v) is 8.58. The Hall–Kier alpha value is -2.84. The smallest absolute Gasteiger partial charge is 0.273 e. The predicted molar refractivity (Wildman–Crippen MR) is 96.1 cm³/mol. The molecule has 0 radical (unpaired) electrons. The number of fused-ring (bicyclic) bond motifs is 1. The summed E-state index contributed by atoms with van der Waals surface area (Å²) in [7, 11) is 0. The Balaban J connectivity index is 1.59. The van der Waals surface area contributed by atoms with Gasteiger partial charge in [0.15, 0.2) is 5.69 Å². The molecule has 8 nitrogen and oxygen atoms in total. The van der Waals surface area contributed by atoms with Crippen molar-refractivity contribution < 1.29 is 9.90 Å². The number of hydrogen-bond donors (Lipinski definition) is 3. The van der Waals surface area contributed by atoms with Gasteiger partial charge in [-0.1, -0.05) is 11.3 Å². The molecule has 1 fully saturated rings. The largest absolute Gasteiger partial charge is 0.391 e. The minimum Gasteiger partial charge on any atom is -0.391 e. The van der Waals surface area contributed by atoms with Gasteiger partial charge in [-0.3, -0.25) is 9.78 Å². The first kappa shape index (κ1) is 16.6. The molecule has 3 heterocycles. The zero-order valence-corrected chi connectivity index (χ0v) is 14.4. The van der Waals surface area contributed by atoms with E-state index in [0.717, 1.165) is 16.6 Å². The number of pyridine rings is 1. The van der Waals surface area contributed by atoms with Gasteiger partial charge in [0.2, 0.25) is 0 Å². The van der Waals surface area contributed by atoms with Crippen LogP contribution in [0.1, 0.15) is 16.2 Å². The fraction of sp³-hybridized carbons (Fsp3) is 0.333. The van der Waals surface area contributed by atoms with Crippen LogP contribution in [0.25, 0.3) is 16.6 Å². The molecule has 0 saturated carbocycles. The van der Waals surface area contributed by atoms with Crippen molar-refractivity contribution in [3.8, 4) is 5.69 Å². The van der Waals surface area contributed by atoms with Crippen LogP contribution in [0.15, 0.2) is 36.5 Å². The van der Waals surface area contributed by atoms with Gasteiger partial charge in [-0.15, -0.1) is 5.10 Å². The zero-order chi connectivity index (χ0) is 18.1. The minimum absolute atomic E-state index is 0.0124. The molecule has 2 aromatic heterocycles. The third-order valence-electron chi connectivity index (χ3n) is 4.79. The first-order valence-electron chi connectivity index (χ1n) is 8.58. The number of aromatic nitrogens is 4. The second-order valence-electron chi connectivity index (χ2n) is 6.48. The predicted octanol–water partition coefficient (Wildman–Crippen LogP) is 0.434. The fourth-order valence-corrected chi connectivity index (χ4v) is 3.27. The lowest BCUT2D eigenvalue weighted by molar-refractivity contribution is 0.0921. The Labute approximate surface area is 150 Å². The van der Waals surface area contributed by atoms with Gasteiger partial charge in [0.1, 0.15) is 0 Å². The number of amides is 1. The van der Waals surface area contributed by atoms with E-state index in [4.69, 9.17) is 0 Å². The van der Waals surface area contributed by atoms with Crippen LogP contribution >= 0.6 is 0 Å². The van der Waals surface area contributed by atoms with Crippen LogP contribution in [0, 0.1) is 12.8 Å². The van der Waals surface area contributed by atoms with E-state index in [-0.39, 0.29) is 17.5 Å². The van der Waals surface area contributed by atoms with Gasteiger partial charge in [-0.2, -0.15) is 0 Å². The quantitative estimate of drug-likeness (QED) is 0.629. The molecule has 1 saturated heterocycles. The molecule has 3 aromatic rings. The first-order chi connectivity index (χ1) is 12.6. The normalized spacial score (nSPS) is 19.8. The van der Waals surface area contributed by atoms with Crippen LogP contribution < -0.4 is 10.6 Å². The van der Waals surface area contributed by atoms with Crippen LogP contribution in [0.3, 0.4) is 0 Å². The van der Waals surface area contributed by atoms with Crippen LogP contribution in [-0.4, -0.2) is 56.7 Å². The summed E-state index contributed by atoms with van der Waals surface area (Å²) in [5.41, 5.74) is 2.62. The summed E-state index contributed by atoms with van der Waals surface area (Å²) in [6.45, 7) is 3.47. The highest BCUT2D eigenvalue weighted by Crippen LogP contribution is 2.21. The maximum Gasteiger partial charge on any atom is 0.273 e. The van der Waals surface area contributed by atoms with Crippen molar-refractivity contribution in [1.82, 2.24) is 30.6 Å². The molecule has 2 unspecified atom stereocenters. The molecule has 134 valence electrons. The molecule has 26 heavy (non-hydrogen) atoms. The van der Waals surface area contributed by atoms with E-state index in [1.165, 1.54) is 0 Å². The molecule has 1 aromatic carbocycles. The number of aliphatic hydroxyl groups excluding tert-OH is 1. The average molecular weight is 352 g/mol. The third-order valence-corrected chi connectivity index (χ3v) is 4.79. The highest BCUT2D eigenvalue weighted by atomic mass is 16.3. The number of nitrogens with zero attached hydrogens (tertiary/aromatic N) is 4. The lowest BCUT2D eigenvalue weighted by Gasteiger charge is -2.13. The van der Waals surface area contributed by atoms with E-state index in [0.29, 0.717) is 25.3 Å². The monoisotopic (exact) mass is 352 g/mol. The van der Waals surface area contributed by atoms with E-state index in [1.807, 2.05) is 37.3 Å². The maximum atomic E-state index is 12.5. The molecular formula is C18H20N6O2. The number of hydrogen-bond acceptors (Lipinski definition) is 6. The number of benzene rings is 1. The van der Waals surface area contributed by atoms with Gasteiger partial charge in [0, 0.05) is 37.1 Å². The molecule has 4 rings (SSSR count). The van der Waals surface area contributed by atoms with Gasteiger partial charge in [0.25, 0.3) is 5.91 Å². The number of aliphatic hydroxyl groups is 1. The minimum atomic E-state index is -0.435. The molecule has 3 N–H and O–H groups in total. The van der Waals surface area contributed by atoms with E-state index < -0.39 is 6.10 Å². The third kappa shape index (κ3) is 2.93. The Kier molecular flexibility index (Phi) is 4.36. The summed E-state index contributed by atoms with van der Waals surface area (Å²) >= 11 is 0. The highest BCUT2D eigenvalue weighted by Gasteiger charge is 2.26. The Morgan fingerprint density at radius 3 is 3.04 bits per heavy atom. The summed E-state index contributed by atoms with van der Waals surface area (Å²) in [6, 6.07) is 9.59. The lowest BCUT2D eigenvalue weighted by Crippen LogP contribution is -2.34. The van der Waals surface area contributed by atoms with Crippen molar-refractivity contribution in [1.29, 1.82) is 0 Å². The van der Waals surface area contributed by atoms with Crippen molar-refractivity contribution >= 4 is 16.8 Å². The average Bonchev–Trinajstić information content (AvgIpc) is 3.24. The highest BCUT2D eigenvalue weighted by molar-refractivity contribution is 5.94. The Morgan fingerprint density at radius 2 is 2.23 bits per heavy atom. The van der Waals surface area contributed by atoms with Crippen LogP contribution in [0.2, 0.25) is 0 Å². The lowest BCUT2D eigenvalue weighted by atomic mass is 10.1. The van der Waals surface area contributed by atoms with Crippen molar-refractivity contribution in [3.05, 3.63) is 47.9 Å². The molecule has 1 aliphatic rings. The van der Waals surface area contributed by atoms with Crippen LogP contribution in [0.4, 0.5) is 0 Å². The van der Waals surface area contributed by atoms with Crippen molar-refractivity contribution in [2.24, 2.45) is 5.92 Å². The van der Waals surface area contributed by atoms with E-state index >= 15 is 0 Å². The Morgan fingerprint density at radius 1 is 1.35 bits per heavy atom. The standard InChI is InChI=1S/C18H20N6O2/c1-11-17(18(26)21-9-12-8-19-10-16(12)25)22-23-24(11)15-6-2-5-14-13(15)4-3-7-20-14/h2-7,12,16,19,25H,8-10H2,1H3,(H,21,26). The summed E-state index contributed by atoms with van der Waals surface area (Å²) in [4.78, 5) is 16.8. The molecular weight excluding hydrogens is 332 g/mol. The van der Waals surface area contributed by atoms with Gasteiger partial charge < -0.3 is 15.7 Å². The van der Waals surface area contributed by atoms with Gasteiger partial charge in [0.05, 0.1) is 23.0 Å². The molecule has 0 spiro atoms. The maximum absolute atomic E-state index is 12.5. The molecule has 0 aliphatic carbocycles. The van der Waals surface area contributed by atoms with E-state index in [2.05, 4.69) is 25.9 Å². The Bertz CT molecular complexity index is 949. The van der Waals surface area contributed by atoms with Crippen molar-refractivity contribution in [3.63, 3.8) is 0 Å². The molecule has 1 aliphatic heterocycles. The molecule has 1 amide bonds. The van der Waals surface area contributed by atoms with Crippen molar-refractivity contribution in [2.45, 2.75) is 13.0 Å². The van der Waals surface area contributed by atoms with E-state index in [9.17, 15) is 9.90 Å². The number of β-amino-alcohol motifs (C(OH)–C–C–N with tert-alkyl or cyclic N) is 1. The van der Waals surface area contributed by atoms with Gasteiger partial charge >= 0.3 is 0 Å². The zero-order valence-electron chi connectivity index (χ0n) is 14.4. The number of carbonyl (C=O) groups excluding carboxylic acids is 1. The second kappa shape index (κ2) is 6.81. The topological polar surface area (TPSA) is 105 Å².